The summed E-state index contributed by atoms with van der Waals surface area (Å²) < 4.78 is 0. The predicted octanol–water partition coefficient (Wildman–Crippen LogP) is 5.65. The minimum absolute atomic E-state index is 0.441. The molecule has 2 aromatic carbocycles. The second-order valence-electron chi connectivity index (χ2n) is 8.21. The molecule has 1 aliphatic heterocycles. The van der Waals surface area contributed by atoms with E-state index in [9.17, 15) is 0 Å². The summed E-state index contributed by atoms with van der Waals surface area (Å²) in [4.78, 5) is 15.9. The molecule has 4 nitrogen and oxygen atoms in total. The number of hydrogen-bond donors (Lipinski definition) is 0. The molecule has 4 heteroatoms. The van der Waals surface area contributed by atoms with Gasteiger partial charge in [0.15, 0.2) is 0 Å². The minimum atomic E-state index is 0.441. The molecule has 1 aliphatic rings. The maximum absolute atomic E-state index is 4.50. The fourth-order valence-electron chi connectivity index (χ4n) is 4.63. The number of aromatic nitrogens is 3. The Balaban J connectivity index is 1.40. The predicted molar refractivity (Wildman–Crippen MR) is 121 cm³/mol. The van der Waals surface area contributed by atoms with Crippen molar-refractivity contribution in [2.45, 2.75) is 39.3 Å². The first-order valence-electron chi connectivity index (χ1n) is 10.7. The van der Waals surface area contributed by atoms with Crippen LogP contribution < -0.4 is 0 Å². The summed E-state index contributed by atoms with van der Waals surface area (Å²) in [6.45, 7) is 6.40. The summed E-state index contributed by atoms with van der Waals surface area (Å²) in [5.74, 6) is 0. The summed E-state index contributed by atoms with van der Waals surface area (Å²) in [6.07, 6.45) is 7.80. The van der Waals surface area contributed by atoms with Gasteiger partial charge in [-0.3, -0.25) is 19.9 Å². The van der Waals surface area contributed by atoms with Crippen molar-refractivity contribution in [2.24, 2.45) is 0 Å². The van der Waals surface area contributed by atoms with Gasteiger partial charge in [0, 0.05) is 42.4 Å². The molecule has 5 rings (SSSR count). The first-order chi connectivity index (χ1) is 14.7. The van der Waals surface area contributed by atoms with Gasteiger partial charge in [-0.1, -0.05) is 30.3 Å². The van der Waals surface area contributed by atoms with Crippen LogP contribution in [-0.2, 0) is 6.54 Å². The number of nitrogens with zero attached hydrogens (tertiary/aromatic N) is 4. The molecule has 30 heavy (non-hydrogen) atoms. The highest BCUT2D eigenvalue weighted by molar-refractivity contribution is 5.74. The van der Waals surface area contributed by atoms with E-state index in [0.717, 1.165) is 29.8 Å². The van der Waals surface area contributed by atoms with Crippen LogP contribution >= 0.6 is 0 Å². The van der Waals surface area contributed by atoms with Crippen molar-refractivity contribution in [3.63, 3.8) is 0 Å². The van der Waals surface area contributed by atoms with Crippen LogP contribution in [0, 0.1) is 13.8 Å². The van der Waals surface area contributed by atoms with Crippen LogP contribution in [0.2, 0.25) is 0 Å². The molecule has 2 aromatic heterocycles. The van der Waals surface area contributed by atoms with Crippen LogP contribution in [0.15, 0.2) is 67.1 Å². The smallest absolute Gasteiger partial charge is 0.0890 e. The van der Waals surface area contributed by atoms with Crippen LogP contribution in [0.25, 0.3) is 22.2 Å². The Labute approximate surface area is 177 Å². The van der Waals surface area contributed by atoms with Gasteiger partial charge < -0.3 is 0 Å². The van der Waals surface area contributed by atoms with Crippen LogP contribution in [0.5, 0.6) is 0 Å². The van der Waals surface area contributed by atoms with Crippen molar-refractivity contribution in [2.75, 3.05) is 6.54 Å². The average molecular weight is 395 g/mol. The lowest BCUT2D eigenvalue weighted by Crippen LogP contribution is -2.23. The molecule has 0 spiro atoms. The third-order valence-corrected chi connectivity index (χ3v) is 6.28. The molecular weight excluding hydrogens is 368 g/mol. The van der Waals surface area contributed by atoms with Crippen molar-refractivity contribution in [1.82, 2.24) is 19.9 Å². The van der Waals surface area contributed by atoms with E-state index in [1.807, 2.05) is 12.3 Å². The van der Waals surface area contributed by atoms with Gasteiger partial charge in [0.25, 0.3) is 0 Å². The molecule has 1 unspecified atom stereocenters. The molecule has 0 N–H and O–H groups in total. The zero-order valence-corrected chi connectivity index (χ0v) is 17.5. The molecule has 150 valence electrons. The Bertz CT molecular complexity index is 1200. The van der Waals surface area contributed by atoms with Crippen LogP contribution in [0.1, 0.15) is 41.3 Å². The largest absolute Gasteiger partial charge is 0.292 e. The molecular formula is C26H26N4. The van der Waals surface area contributed by atoms with Crippen molar-refractivity contribution in [3.05, 3.63) is 89.5 Å². The third kappa shape index (κ3) is 3.59. The zero-order valence-electron chi connectivity index (χ0n) is 17.5. The molecule has 3 heterocycles. The maximum Gasteiger partial charge on any atom is 0.0890 e. The molecule has 1 fully saturated rings. The summed E-state index contributed by atoms with van der Waals surface area (Å²) in [5.41, 5.74) is 9.55. The van der Waals surface area contributed by atoms with Gasteiger partial charge in [-0.15, -0.1) is 0 Å². The number of hydrogen-bond acceptors (Lipinski definition) is 4. The fourth-order valence-corrected chi connectivity index (χ4v) is 4.63. The van der Waals surface area contributed by atoms with Gasteiger partial charge in [0.1, 0.15) is 0 Å². The quantitative estimate of drug-likeness (QED) is 0.449. The zero-order chi connectivity index (χ0) is 20.5. The normalized spacial score (nSPS) is 16.9. The number of benzene rings is 2. The van der Waals surface area contributed by atoms with Gasteiger partial charge in [0.05, 0.1) is 11.0 Å². The molecule has 4 aromatic rings. The molecule has 0 radical (unpaired) electrons. The number of fused-ring (bicyclic) bond motifs is 1. The average Bonchev–Trinajstić information content (AvgIpc) is 3.23. The maximum atomic E-state index is 4.50. The van der Waals surface area contributed by atoms with Gasteiger partial charge >= 0.3 is 0 Å². The Kier molecular flexibility index (Phi) is 5.01. The first kappa shape index (κ1) is 18.9. The van der Waals surface area contributed by atoms with E-state index in [4.69, 9.17) is 0 Å². The minimum Gasteiger partial charge on any atom is -0.292 e. The number of likely N-dealkylation sites (tertiary alicyclic amines) is 1. The lowest BCUT2D eigenvalue weighted by molar-refractivity contribution is 0.248. The summed E-state index contributed by atoms with van der Waals surface area (Å²) >= 11 is 0. The first-order valence-corrected chi connectivity index (χ1v) is 10.7. The number of rotatable bonds is 4. The van der Waals surface area contributed by atoms with E-state index in [0.29, 0.717) is 6.04 Å². The SMILES string of the molecule is Cc1cc(-c2cccnc2C)ccc1CN1CCCC1c1ccc2nccnc2c1. The second kappa shape index (κ2) is 7.96. The monoisotopic (exact) mass is 394 g/mol. The summed E-state index contributed by atoms with van der Waals surface area (Å²) in [6, 6.07) is 18.0. The van der Waals surface area contributed by atoms with Crippen molar-refractivity contribution in [1.29, 1.82) is 0 Å². The van der Waals surface area contributed by atoms with Crippen LogP contribution in [0.3, 0.4) is 0 Å². The van der Waals surface area contributed by atoms with E-state index in [-0.39, 0.29) is 0 Å². The van der Waals surface area contributed by atoms with Gasteiger partial charge in [-0.2, -0.15) is 0 Å². The third-order valence-electron chi connectivity index (χ3n) is 6.28. The molecule has 1 saturated heterocycles. The summed E-state index contributed by atoms with van der Waals surface area (Å²) in [5, 5.41) is 0. The van der Waals surface area contributed by atoms with Crippen molar-refractivity contribution in [3.8, 4) is 11.1 Å². The lowest BCUT2D eigenvalue weighted by Gasteiger charge is -2.26. The Morgan fingerprint density at radius 3 is 2.60 bits per heavy atom. The van der Waals surface area contributed by atoms with Gasteiger partial charge in [-0.05, 0) is 73.7 Å². The second-order valence-corrected chi connectivity index (χ2v) is 8.21. The highest BCUT2D eigenvalue weighted by Gasteiger charge is 2.26. The topological polar surface area (TPSA) is 41.9 Å². The Morgan fingerprint density at radius 2 is 1.77 bits per heavy atom. The fraction of sp³-hybridized carbons (Fsp3) is 0.269. The van der Waals surface area contributed by atoms with Gasteiger partial charge in [-0.25, -0.2) is 0 Å². The number of aryl methyl sites for hydroxylation is 2. The highest BCUT2D eigenvalue weighted by Crippen LogP contribution is 2.35. The lowest BCUT2D eigenvalue weighted by atomic mass is 9.98. The van der Waals surface area contributed by atoms with E-state index in [1.54, 1.807) is 12.4 Å². The Morgan fingerprint density at radius 1 is 0.900 bits per heavy atom. The molecule has 1 atom stereocenters. The van der Waals surface area contributed by atoms with E-state index < -0.39 is 0 Å². The molecule has 0 amide bonds. The van der Waals surface area contributed by atoms with E-state index in [2.05, 4.69) is 76.2 Å². The van der Waals surface area contributed by atoms with Crippen LogP contribution in [-0.4, -0.2) is 26.4 Å². The van der Waals surface area contributed by atoms with Gasteiger partial charge in [0.2, 0.25) is 0 Å². The standard InChI is InChI=1S/C26H26N4/c1-18-15-20(23-5-3-11-27-19(23)2)7-8-22(18)17-30-14-4-6-26(30)21-9-10-24-25(16-21)29-13-12-28-24/h3,5,7-13,15-16,26H,4,6,14,17H2,1-2H3. The van der Waals surface area contributed by atoms with E-state index >= 15 is 0 Å². The summed E-state index contributed by atoms with van der Waals surface area (Å²) in [7, 11) is 0. The molecule has 0 bridgehead atoms. The van der Waals surface area contributed by atoms with Crippen molar-refractivity contribution >= 4 is 11.0 Å². The highest BCUT2D eigenvalue weighted by atomic mass is 15.2. The number of pyridine rings is 1. The molecule has 0 saturated carbocycles. The Hall–Kier alpha value is -3.11. The van der Waals surface area contributed by atoms with E-state index in [1.165, 1.54) is 40.7 Å². The van der Waals surface area contributed by atoms with Crippen LogP contribution in [0.4, 0.5) is 0 Å². The molecule has 0 aliphatic carbocycles. The van der Waals surface area contributed by atoms with Crippen molar-refractivity contribution < 1.29 is 0 Å².